The van der Waals surface area contributed by atoms with Crippen molar-refractivity contribution in [3.8, 4) is 11.3 Å². The topological polar surface area (TPSA) is 78.4 Å². The molecule has 4 rings (SSSR count). The standard InChI is InChI=1S/C21H14ClF2N5/c22-16-6-3-13(4-7-16)18-9-10-19(25)29(28-18)20(26)21(23,24)15-5-8-17-14(12-15)2-1-11-27-17/h1-12,25-26H. The van der Waals surface area contributed by atoms with Gasteiger partial charge in [-0.3, -0.25) is 15.8 Å². The molecule has 2 aromatic carbocycles. The normalized spacial score (nSPS) is 11.6. The molecule has 2 N–H and O–H groups in total. The molecule has 0 bridgehead atoms. The number of rotatable bonds is 3. The highest BCUT2D eigenvalue weighted by molar-refractivity contribution is 6.30. The summed E-state index contributed by atoms with van der Waals surface area (Å²) in [6, 6.07) is 16.9. The maximum absolute atomic E-state index is 15.1. The molecule has 5 nitrogen and oxygen atoms in total. The molecule has 0 spiro atoms. The average Bonchev–Trinajstić information content (AvgIpc) is 2.74. The predicted molar refractivity (Wildman–Crippen MR) is 107 cm³/mol. The Labute approximate surface area is 169 Å². The lowest BCUT2D eigenvalue weighted by atomic mass is 10.0. The molecule has 0 radical (unpaired) electrons. The minimum atomic E-state index is -3.66. The largest absolute Gasteiger partial charge is 0.331 e. The molecule has 0 aliphatic heterocycles. The molecule has 0 unspecified atom stereocenters. The number of alkyl halides is 2. The summed E-state index contributed by atoms with van der Waals surface area (Å²) in [5.41, 5.74) is 0.871. The van der Waals surface area contributed by atoms with Crippen molar-refractivity contribution < 1.29 is 8.78 Å². The summed E-state index contributed by atoms with van der Waals surface area (Å²) in [5, 5.41) is 21.2. The molecule has 2 heterocycles. The summed E-state index contributed by atoms with van der Waals surface area (Å²) < 4.78 is 30.9. The molecule has 0 atom stereocenters. The second-order valence-corrected chi connectivity index (χ2v) is 6.79. The molecule has 0 aliphatic rings. The van der Waals surface area contributed by atoms with Gasteiger partial charge in [0, 0.05) is 27.7 Å². The molecule has 0 amide bonds. The van der Waals surface area contributed by atoms with Crippen LogP contribution < -0.4 is 5.49 Å². The van der Waals surface area contributed by atoms with Gasteiger partial charge in [-0.05, 0) is 42.5 Å². The molecule has 0 aliphatic carbocycles. The van der Waals surface area contributed by atoms with Crippen LogP contribution in [-0.2, 0) is 5.92 Å². The van der Waals surface area contributed by atoms with Crippen LogP contribution in [0.3, 0.4) is 0 Å². The van der Waals surface area contributed by atoms with Crippen LogP contribution in [0, 0.1) is 10.8 Å². The fourth-order valence-electron chi connectivity index (χ4n) is 2.91. The van der Waals surface area contributed by atoms with Crippen molar-refractivity contribution in [2.45, 2.75) is 5.92 Å². The lowest BCUT2D eigenvalue weighted by molar-refractivity contribution is 0.0697. The SMILES string of the molecule is N=C(n1nc(-c2ccc(Cl)cc2)ccc1=N)C(F)(F)c1ccc2ncccc2c1. The van der Waals surface area contributed by atoms with Crippen LogP contribution >= 0.6 is 11.6 Å². The van der Waals surface area contributed by atoms with E-state index in [9.17, 15) is 0 Å². The summed E-state index contributed by atoms with van der Waals surface area (Å²) in [6.45, 7) is 0. The number of hydrogen-bond donors (Lipinski definition) is 2. The number of halogens is 3. The van der Waals surface area contributed by atoms with Gasteiger partial charge < -0.3 is 0 Å². The van der Waals surface area contributed by atoms with Crippen molar-refractivity contribution in [2.24, 2.45) is 0 Å². The molecule has 4 aromatic rings. The van der Waals surface area contributed by atoms with Crippen molar-refractivity contribution in [1.82, 2.24) is 14.8 Å². The van der Waals surface area contributed by atoms with E-state index in [1.165, 1.54) is 30.3 Å². The lowest BCUT2D eigenvalue weighted by Gasteiger charge is -2.19. The highest BCUT2D eigenvalue weighted by Gasteiger charge is 2.39. The first kappa shape index (κ1) is 18.9. The van der Waals surface area contributed by atoms with Crippen LogP contribution in [-0.4, -0.2) is 20.6 Å². The van der Waals surface area contributed by atoms with Gasteiger partial charge in [0.2, 0.25) is 0 Å². The number of nitrogens with zero attached hydrogens (tertiary/aromatic N) is 3. The fraction of sp³-hybridized carbons (Fsp3) is 0.0476. The van der Waals surface area contributed by atoms with Crippen LogP contribution in [0.25, 0.3) is 22.2 Å². The van der Waals surface area contributed by atoms with Crippen LogP contribution in [0.2, 0.25) is 5.02 Å². The van der Waals surface area contributed by atoms with Crippen LogP contribution in [0.5, 0.6) is 0 Å². The molecule has 0 saturated heterocycles. The van der Waals surface area contributed by atoms with E-state index in [2.05, 4.69) is 10.1 Å². The van der Waals surface area contributed by atoms with Gasteiger partial charge >= 0.3 is 5.92 Å². The Hall–Kier alpha value is -3.45. The predicted octanol–water partition coefficient (Wildman–Crippen LogP) is 4.85. The van der Waals surface area contributed by atoms with E-state index in [0.717, 1.165) is 0 Å². The third-order valence-corrected chi connectivity index (χ3v) is 4.70. The molecular formula is C21H14ClF2N5. The number of hydrogen-bond acceptors (Lipinski definition) is 4. The van der Waals surface area contributed by atoms with E-state index in [1.807, 2.05) is 0 Å². The average molecular weight is 410 g/mol. The summed E-state index contributed by atoms with van der Waals surface area (Å²) in [5.74, 6) is -4.77. The van der Waals surface area contributed by atoms with Crippen molar-refractivity contribution >= 4 is 28.3 Å². The summed E-state index contributed by atoms with van der Waals surface area (Å²) in [6.07, 6.45) is 1.58. The van der Waals surface area contributed by atoms with Crippen LogP contribution in [0.15, 0.2) is 72.9 Å². The smallest absolute Gasteiger partial charge is 0.283 e. The second kappa shape index (κ2) is 7.18. The quantitative estimate of drug-likeness (QED) is 0.375. The van der Waals surface area contributed by atoms with Crippen molar-refractivity contribution in [1.29, 1.82) is 10.8 Å². The first-order valence-corrected chi connectivity index (χ1v) is 8.97. The first-order chi connectivity index (χ1) is 13.9. The molecule has 144 valence electrons. The zero-order valence-corrected chi connectivity index (χ0v) is 15.7. The molecule has 29 heavy (non-hydrogen) atoms. The second-order valence-electron chi connectivity index (χ2n) is 6.36. The number of fused-ring (bicyclic) bond motifs is 1. The van der Waals surface area contributed by atoms with E-state index >= 15 is 8.78 Å². The highest BCUT2D eigenvalue weighted by Crippen LogP contribution is 2.31. The first-order valence-electron chi connectivity index (χ1n) is 8.59. The summed E-state index contributed by atoms with van der Waals surface area (Å²) >= 11 is 5.88. The summed E-state index contributed by atoms with van der Waals surface area (Å²) in [4.78, 5) is 4.12. The molecule has 8 heteroatoms. The van der Waals surface area contributed by atoms with Gasteiger partial charge in [-0.1, -0.05) is 35.9 Å². The van der Waals surface area contributed by atoms with Crippen LogP contribution in [0.1, 0.15) is 5.56 Å². The van der Waals surface area contributed by atoms with Gasteiger partial charge in [0.1, 0.15) is 5.49 Å². The Balaban J connectivity index is 1.76. The van der Waals surface area contributed by atoms with Gasteiger partial charge in [-0.2, -0.15) is 18.6 Å². The van der Waals surface area contributed by atoms with E-state index in [1.54, 1.807) is 42.6 Å². The number of pyridine rings is 1. The van der Waals surface area contributed by atoms with E-state index in [4.69, 9.17) is 22.4 Å². The van der Waals surface area contributed by atoms with E-state index < -0.39 is 11.8 Å². The molecule has 0 saturated carbocycles. The maximum Gasteiger partial charge on any atom is 0.331 e. The minimum Gasteiger partial charge on any atom is -0.283 e. The minimum absolute atomic E-state index is 0.324. The number of aromatic nitrogens is 3. The van der Waals surface area contributed by atoms with Crippen molar-refractivity contribution in [3.63, 3.8) is 0 Å². The Kier molecular flexibility index (Phi) is 4.68. The lowest BCUT2D eigenvalue weighted by Crippen LogP contribution is -2.39. The maximum atomic E-state index is 15.1. The van der Waals surface area contributed by atoms with Gasteiger partial charge in [0.15, 0.2) is 5.84 Å². The fourth-order valence-corrected chi connectivity index (χ4v) is 3.04. The number of nitrogens with one attached hydrogen (secondary N) is 2. The van der Waals surface area contributed by atoms with Crippen molar-refractivity contribution in [3.05, 3.63) is 89.0 Å². The van der Waals surface area contributed by atoms with E-state index in [0.29, 0.717) is 31.9 Å². The van der Waals surface area contributed by atoms with Gasteiger partial charge in [-0.25, -0.2) is 0 Å². The molecule has 2 aromatic heterocycles. The Bertz CT molecular complexity index is 1280. The van der Waals surface area contributed by atoms with Gasteiger partial charge in [0.25, 0.3) is 0 Å². The Morgan fingerprint density at radius 2 is 1.76 bits per heavy atom. The third-order valence-electron chi connectivity index (χ3n) is 4.45. The Morgan fingerprint density at radius 3 is 2.52 bits per heavy atom. The molecular weight excluding hydrogens is 396 g/mol. The van der Waals surface area contributed by atoms with Gasteiger partial charge in [-0.15, -0.1) is 0 Å². The summed E-state index contributed by atoms with van der Waals surface area (Å²) in [7, 11) is 0. The zero-order valence-electron chi connectivity index (χ0n) is 14.9. The number of benzene rings is 2. The van der Waals surface area contributed by atoms with Crippen molar-refractivity contribution in [2.75, 3.05) is 0 Å². The highest BCUT2D eigenvalue weighted by atomic mass is 35.5. The van der Waals surface area contributed by atoms with Gasteiger partial charge in [0.05, 0.1) is 11.2 Å². The monoisotopic (exact) mass is 409 g/mol. The van der Waals surface area contributed by atoms with E-state index in [-0.39, 0.29) is 11.1 Å². The third kappa shape index (κ3) is 3.52. The Morgan fingerprint density at radius 1 is 1.00 bits per heavy atom. The molecule has 0 fully saturated rings. The zero-order chi connectivity index (χ0) is 20.6. The van der Waals surface area contributed by atoms with Crippen LogP contribution in [0.4, 0.5) is 8.78 Å².